The van der Waals surface area contributed by atoms with Crippen LogP contribution in [0.15, 0.2) is 29.8 Å². The van der Waals surface area contributed by atoms with E-state index >= 15 is 0 Å². The smallest absolute Gasteiger partial charge is 0.226 e. The second-order valence-electron chi connectivity index (χ2n) is 9.81. The zero-order valence-electron chi connectivity index (χ0n) is 19.6. The first kappa shape index (κ1) is 22.6. The number of hydrogen-bond acceptors (Lipinski definition) is 6. The number of fused-ring (bicyclic) bond motifs is 1. The first-order valence-electron chi connectivity index (χ1n) is 10.9. The Kier molecular flexibility index (Phi) is 5.94. The molecular weight excluding hydrogens is 424 g/mol. The Bertz CT molecular complexity index is 1120. The number of rotatable bonds is 6. The monoisotopic (exact) mass is 456 g/mol. The van der Waals surface area contributed by atoms with Gasteiger partial charge in [0.05, 0.1) is 26.3 Å². The highest BCUT2D eigenvalue weighted by Gasteiger charge is 2.38. The summed E-state index contributed by atoms with van der Waals surface area (Å²) in [4.78, 5) is 18.5. The van der Waals surface area contributed by atoms with Gasteiger partial charge in [0, 0.05) is 40.0 Å². The van der Waals surface area contributed by atoms with E-state index in [9.17, 15) is 4.79 Å². The van der Waals surface area contributed by atoms with Gasteiger partial charge < -0.3 is 20.1 Å². The summed E-state index contributed by atoms with van der Waals surface area (Å²) in [6, 6.07) is 5.80. The van der Waals surface area contributed by atoms with Crippen LogP contribution in [0.1, 0.15) is 46.2 Å². The summed E-state index contributed by atoms with van der Waals surface area (Å²) in [6.07, 6.45) is 4.09. The van der Waals surface area contributed by atoms with Crippen molar-refractivity contribution < 1.29 is 14.3 Å². The van der Waals surface area contributed by atoms with Crippen molar-refractivity contribution in [3.8, 4) is 22.8 Å². The number of carbonyl (C=O) groups excluding carboxylic acids is 1. The number of aromatic nitrogens is 2. The Morgan fingerprint density at radius 3 is 2.59 bits per heavy atom. The molecule has 0 atom stereocenters. The molecule has 1 aromatic carbocycles. The molecular formula is C24H32N4O3S. The SMILES string of the molecule is COc1ccc(OC)c(-c2cn3c(CC(=O)NC4CC(C)(C)NC(C)(C)C4)csc3n2)c1. The van der Waals surface area contributed by atoms with Crippen molar-refractivity contribution in [2.75, 3.05) is 14.2 Å². The Labute approximate surface area is 193 Å². The van der Waals surface area contributed by atoms with Gasteiger partial charge in [0.15, 0.2) is 4.96 Å². The van der Waals surface area contributed by atoms with Gasteiger partial charge in [-0.25, -0.2) is 4.98 Å². The topological polar surface area (TPSA) is 76.9 Å². The minimum atomic E-state index is -0.00953. The second kappa shape index (κ2) is 8.41. The Hall–Kier alpha value is -2.58. The van der Waals surface area contributed by atoms with Crippen molar-refractivity contribution in [1.29, 1.82) is 0 Å². The maximum absolute atomic E-state index is 12.9. The lowest BCUT2D eigenvalue weighted by Gasteiger charge is -2.46. The number of amides is 1. The summed E-state index contributed by atoms with van der Waals surface area (Å²) in [6.45, 7) is 8.76. The molecule has 2 N–H and O–H groups in total. The van der Waals surface area contributed by atoms with Crippen LogP contribution in [0.5, 0.6) is 11.5 Å². The minimum Gasteiger partial charge on any atom is -0.497 e. The van der Waals surface area contributed by atoms with E-state index in [1.165, 1.54) is 11.3 Å². The summed E-state index contributed by atoms with van der Waals surface area (Å²) >= 11 is 1.53. The van der Waals surface area contributed by atoms with Gasteiger partial charge >= 0.3 is 0 Å². The van der Waals surface area contributed by atoms with Crippen molar-refractivity contribution in [2.24, 2.45) is 0 Å². The van der Waals surface area contributed by atoms with Crippen LogP contribution < -0.4 is 20.1 Å². The summed E-state index contributed by atoms with van der Waals surface area (Å²) in [5, 5.41) is 8.92. The summed E-state index contributed by atoms with van der Waals surface area (Å²) < 4.78 is 12.9. The lowest BCUT2D eigenvalue weighted by atomic mass is 9.79. The molecule has 1 saturated heterocycles. The van der Waals surface area contributed by atoms with Gasteiger partial charge in [-0.15, -0.1) is 11.3 Å². The average molecular weight is 457 g/mol. The zero-order chi connectivity index (χ0) is 23.1. The third-order valence-electron chi connectivity index (χ3n) is 5.86. The molecule has 4 rings (SSSR count). The Balaban J connectivity index is 1.53. The number of nitrogens with zero attached hydrogens (tertiary/aromatic N) is 2. The number of nitrogens with one attached hydrogen (secondary N) is 2. The van der Waals surface area contributed by atoms with E-state index in [2.05, 4.69) is 38.3 Å². The number of benzene rings is 1. The van der Waals surface area contributed by atoms with Crippen LogP contribution in [-0.2, 0) is 11.2 Å². The van der Waals surface area contributed by atoms with Crippen molar-refractivity contribution >= 4 is 22.2 Å². The molecule has 3 heterocycles. The average Bonchev–Trinajstić information content (AvgIpc) is 3.26. The quantitative estimate of drug-likeness (QED) is 0.585. The van der Waals surface area contributed by atoms with Crippen LogP contribution >= 0.6 is 11.3 Å². The van der Waals surface area contributed by atoms with Crippen LogP contribution in [0.3, 0.4) is 0 Å². The highest BCUT2D eigenvalue weighted by molar-refractivity contribution is 7.15. The first-order valence-corrected chi connectivity index (χ1v) is 11.7. The van der Waals surface area contributed by atoms with Gasteiger partial charge in [-0.05, 0) is 58.7 Å². The molecule has 0 radical (unpaired) electrons. The minimum absolute atomic E-state index is 0.00953. The lowest BCUT2D eigenvalue weighted by Crippen LogP contribution is -2.62. The molecule has 1 aliphatic rings. The highest BCUT2D eigenvalue weighted by atomic mass is 32.1. The van der Waals surface area contributed by atoms with Gasteiger partial charge in [-0.1, -0.05) is 0 Å². The summed E-state index contributed by atoms with van der Waals surface area (Å²) in [5.41, 5.74) is 2.55. The van der Waals surface area contributed by atoms with Crippen LogP contribution in [0.4, 0.5) is 0 Å². The molecule has 0 bridgehead atoms. The summed E-state index contributed by atoms with van der Waals surface area (Å²) in [5.74, 6) is 1.51. The second-order valence-corrected chi connectivity index (χ2v) is 10.7. The molecule has 1 amide bonds. The predicted octanol–water partition coefficient (Wildman–Crippen LogP) is 4.05. The standard InChI is InChI=1S/C24H32N4O3S/c1-23(2)11-15(12-24(3,4)27-23)25-21(29)9-16-14-32-22-26-19(13-28(16)22)18-10-17(30-5)7-8-20(18)31-6/h7-8,10,13-15,27H,9,11-12H2,1-6H3,(H,25,29). The molecule has 8 heteroatoms. The van der Waals surface area contributed by atoms with E-state index in [0.717, 1.165) is 46.3 Å². The fourth-order valence-electron chi connectivity index (χ4n) is 4.97. The number of hydrogen-bond donors (Lipinski definition) is 2. The molecule has 32 heavy (non-hydrogen) atoms. The van der Waals surface area contributed by atoms with Crippen LogP contribution in [-0.4, -0.2) is 46.6 Å². The number of carbonyl (C=O) groups is 1. The van der Waals surface area contributed by atoms with Gasteiger partial charge in [-0.2, -0.15) is 0 Å². The van der Waals surface area contributed by atoms with Crippen molar-refractivity contribution in [3.63, 3.8) is 0 Å². The number of thiazole rings is 1. The molecule has 0 spiro atoms. The van der Waals surface area contributed by atoms with Gasteiger partial charge in [-0.3, -0.25) is 9.20 Å². The van der Waals surface area contributed by atoms with Crippen molar-refractivity contribution in [1.82, 2.24) is 20.0 Å². The molecule has 7 nitrogen and oxygen atoms in total. The maximum atomic E-state index is 12.9. The van der Waals surface area contributed by atoms with E-state index in [-0.39, 0.29) is 23.0 Å². The molecule has 1 aliphatic heterocycles. The molecule has 172 valence electrons. The third-order valence-corrected chi connectivity index (χ3v) is 6.75. The number of imidazole rings is 1. The van der Waals surface area contributed by atoms with E-state index < -0.39 is 0 Å². The molecule has 0 saturated carbocycles. The highest BCUT2D eigenvalue weighted by Crippen LogP contribution is 2.34. The maximum Gasteiger partial charge on any atom is 0.226 e. The van der Waals surface area contributed by atoms with Crippen molar-refractivity contribution in [2.45, 2.75) is 64.1 Å². The largest absolute Gasteiger partial charge is 0.497 e. The molecule has 1 fully saturated rings. The zero-order valence-corrected chi connectivity index (χ0v) is 20.4. The molecule has 0 unspecified atom stereocenters. The lowest BCUT2D eigenvalue weighted by molar-refractivity contribution is -0.121. The number of ether oxygens (including phenoxy) is 2. The molecule has 3 aromatic rings. The number of piperidine rings is 1. The van der Waals surface area contributed by atoms with Crippen LogP contribution in [0, 0.1) is 0 Å². The van der Waals surface area contributed by atoms with E-state index in [4.69, 9.17) is 14.5 Å². The van der Waals surface area contributed by atoms with Gasteiger partial charge in [0.2, 0.25) is 5.91 Å². The molecule has 0 aliphatic carbocycles. The summed E-state index contributed by atoms with van der Waals surface area (Å²) in [7, 11) is 3.28. The number of methoxy groups -OCH3 is 2. The van der Waals surface area contributed by atoms with Crippen LogP contribution in [0.2, 0.25) is 0 Å². The first-order chi connectivity index (χ1) is 15.1. The van der Waals surface area contributed by atoms with E-state index in [0.29, 0.717) is 6.42 Å². The Morgan fingerprint density at radius 1 is 1.22 bits per heavy atom. The molecule has 2 aromatic heterocycles. The van der Waals surface area contributed by atoms with Crippen molar-refractivity contribution in [3.05, 3.63) is 35.5 Å². The van der Waals surface area contributed by atoms with Gasteiger partial charge in [0.25, 0.3) is 0 Å². The van der Waals surface area contributed by atoms with Crippen LogP contribution in [0.25, 0.3) is 16.2 Å². The van der Waals surface area contributed by atoms with Gasteiger partial charge in [0.1, 0.15) is 11.5 Å². The van der Waals surface area contributed by atoms with E-state index in [1.807, 2.05) is 34.2 Å². The third kappa shape index (κ3) is 4.76. The fourth-order valence-corrected chi connectivity index (χ4v) is 5.84. The predicted molar refractivity (Wildman–Crippen MR) is 128 cm³/mol. The fraction of sp³-hybridized carbons (Fsp3) is 0.500. The normalized spacial score (nSPS) is 17.9. The Morgan fingerprint density at radius 2 is 1.94 bits per heavy atom. The van der Waals surface area contributed by atoms with E-state index in [1.54, 1.807) is 14.2 Å².